The Morgan fingerprint density at radius 2 is 2.00 bits per heavy atom. The first-order valence-corrected chi connectivity index (χ1v) is 3.76. The molecule has 0 bridgehead atoms. The largest absolute Gasteiger partial charge is 0.392 e. The van der Waals surface area contributed by atoms with E-state index in [0.29, 0.717) is 12.0 Å². The molecule has 3 heteroatoms. The zero-order chi connectivity index (χ0) is 9.14. The highest BCUT2D eigenvalue weighted by molar-refractivity contribution is 5.25. The van der Waals surface area contributed by atoms with Crippen LogP contribution in [0.3, 0.4) is 0 Å². The van der Waals surface area contributed by atoms with E-state index >= 15 is 0 Å². The molecule has 0 aliphatic heterocycles. The molecule has 0 aliphatic rings. The second kappa shape index (κ2) is 3.63. The molecule has 1 N–H and O–H groups in total. The number of aliphatic hydroxyl groups is 1. The van der Waals surface area contributed by atoms with Crippen molar-refractivity contribution >= 4 is 0 Å². The lowest BCUT2D eigenvalue weighted by Crippen LogP contribution is -1.96. The molecule has 0 aromatic heterocycles. The average molecular weight is 172 g/mol. The van der Waals surface area contributed by atoms with Crippen LogP contribution in [0.2, 0.25) is 0 Å². The van der Waals surface area contributed by atoms with Crippen molar-refractivity contribution < 1.29 is 13.9 Å². The molecule has 0 heterocycles. The van der Waals surface area contributed by atoms with Crippen molar-refractivity contribution in [2.45, 2.75) is 20.0 Å². The molecule has 0 atom stereocenters. The van der Waals surface area contributed by atoms with Crippen LogP contribution < -0.4 is 0 Å². The standard InChI is InChI=1S/C9H10F2O/c1-2-6-3-7(5-12)9(11)8(10)4-6/h3-4,12H,2,5H2,1H3. The fourth-order valence-corrected chi connectivity index (χ4v) is 1.03. The van der Waals surface area contributed by atoms with E-state index in [1.807, 2.05) is 6.92 Å². The van der Waals surface area contributed by atoms with E-state index in [2.05, 4.69) is 0 Å². The molecule has 0 aliphatic carbocycles. The Morgan fingerprint density at radius 1 is 1.33 bits per heavy atom. The third kappa shape index (κ3) is 1.61. The number of benzene rings is 1. The molecular formula is C9H10F2O. The second-order valence-corrected chi connectivity index (χ2v) is 2.56. The SMILES string of the molecule is CCc1cc(F)c(F)c(CO)c1. The van der Waals surface area contributed by atoms with Gasteiger partial charge in [-0.15, -0.1) is 0 Å². The van der Waals surface area contributed by atoms with Crippen LogP contribution in [0, 0.1) is 11.6 Å². The number of hydrogen-bond acceptors (Lipinski definition) is 1. The van der Waals surface area contributed by atoms with Gasteiger partial charge < -0.3 is 5.11 Å². The minimum atomic E-state index is -0.949. The number of rotatable bonds is 2. The highest BCUT2D eigenvalue weighted by Crippen LogP contribution is 2.15. The summed E-state index contributed by atoms with van der Waals surface area (Å²) < 4.78 is 25.5. The van der Waals surface area contributed by atoms with Crippen molar-refractivity contribution in [3.05, 3.63) is 34.9 Å². The third-order valence-electron chi connectivity index (χ3n) is 1.74. The van der Waals surface area contributed by atoms with Crippen molar-refractivity contribution in [2.75, 3.05) is 0 Å². The molecule has 0 spiro atoms. The maximum Gasteiger partial charge on any atom is 0.164 e. The quantitative estimate of drug-likeness (QED) is 0.723. The predicted octanol–water partition coefficient (Wildman–Crippen LogP) is 2.02. The zero-order valence-corrected chi connectivity index (χ0v) is 6.77. The summed E-state index contributed by atoms with van der Waals surface area (Å²) in [6, 6.07) is 2.62. The molecule has 1 rings (SSSR count). The van der Waals surface area contributed by atoms with E-state index in [4.69, 9.17) is 5.11 Å². The topological polar surface area (TPSA) is 20.2 Å². The fraction of sp³-hybridized carbons (Fsp3) is 0.333. The monoisotopic (exact) mass is 172 g/mol. The van der Waals surface area contributed by atoms with Gasteiger partial charge in [0.15, 0.2) is 11.6 Å². The molecule has 0 amide bonds. The lowest BCUT2D eigenvalue weighted by molar-refractivity contribution is 0.273. The first-order valence-electron chi connectivity index (χ1n) is 3.76. The van der Waals surface area contributed by atoms with E-state index in [-0.39, 0.29) is 5.56 Å². The van der Waals surface area contributed by atoms with E-state index in [0.717, 1.165) is 6.07 Å². The molecule has 0 fully saturated rings. The summed E-state index contributed by atoms with van der Waals surface area (Å²) in [5.74, 6) is -1.84. The van der Waals surface area contributed by atoms with Gasteiger partial charge in [0.25, 0.3) is 0 Å². The van der Waals surface area contributed by atoms with Crippen molar-refractivity contribution in [3.63, 3.8) is 0 Å². The van der Waals surface area contributed by atoms with E-state index in [9.17, 15) is 8.78 Å². The van der Waals surface area contributed by atoms with Gasteiger partial charge in [-0.3, -0.25) is 0 Å². The van der Waals surface area contributed by atoms with Crippen molar-refractivity contribution in [1.82, 2.24) is 0 Å². The molecule has 1 aromatic rings. The van der Waals surface area contributed by atoms with Gasteiger partial charge in [-0.05, 0) is 18.1 Å². The molecule has 0 radical (unpaired) electrons. The van der Waals surface area contributed by atoms with Gasteiger partial charge in [0, 0.05) is 5.56 Å². The smallest absolute Gasteiger partial charge is 0.164 e. The van der Waals surface area contributed by atoms with Crippen LogP contribution in [0.15, 0.2) is 12.1 Å². The molecule has 0 unspecified atom stereocenters. The number of aryl methyl sites for hydroxylation is 1. The number of halogens is 2. The molecule has 0 saturated heterocycles. The van der Waals surface area contributed by atoms with Gasteiger partial charge in [0.1, 0.15) is 0 Å². The van der Waals surface area contributed by atoms with Crippen LogP contribution in [0.25, 0.3) is 0 Å². The maximum absolute atomic E-state index is 12.8. The summed E-state index contributed by atoms with van der Waals surface area (Å²) in [6.45, 7) is 1.38. The molecule has 12 heavy (non-hydrogen) atoms. The Kier molecular flexibility index (Phi) is 2.76. The summed E-state index contributed by atoms with van der Waals surface area (Å²) in [6.07, 6.45) is 0.629. The Labute approximate surface area is 69.7 Å². The second-order valence-electron chi connectivity index (χ2n) is 2.56. The minimum absolute atomic E-state index is 0.0202. The van der Waals surface area contributed by atoms with Crippen LogP contribution >= 0.6 is 0 Å². The van der Waals surface area contributed by atoms with Gasteiger partial charge in [0.05, 0.1) is 6.61 Å². The van der Waals surface area contributed by atoms with Crippen LogP contribution in [0.5, 0.6) is 0 Å². The summed E-state index contributed by atoms with van der Waals surface area (Å²) >= 11 is 0. The Balaban J connectivity index is 3.19. The van der Waals surface area contributed by atoms with Crippen LogP contribution in [-0.2, 0) is 13.0 Å². The molecule has 1 aromatic carbocycles. The molecule has 1 nitrogen and oxygen atoms in total. The Morgan fingerprint density at radius 3 is 2.50 bits per heavy atom. The van der Waals surface area contributed by atoms with E-state index in [1.165, 1.54) is 6.07 Å². The van der Waals surface area contributed by atoms with E-state index in [1.54, 1.807) is 0 Å². The van der Waals surface area contributed by atoms with Crippen LogP contribution in [0.1, 0.15) is 18.1 Å². The number of hydrogen-bond donors (Lipinski definition) is 1. The van der Waals surface area contributed by atoms with Crippen molar-refractivity contribution in [1.29, 1.82) is 0 Å². The third-order valence-corrected chi connectivity index (χ3v) is 1.74. The summed E-state index contributed by atoms with van der Waals surface area (Å²) in [4.78, 5) is 0. The Bertz CT molecular complexity index is 284. The fourth-order valence-electron chi connectivity index (χ4n) is 1.03. The van der Waals surface area contributed by atoms with Crippen molar-refractivity contribution in [3.8, 4) is 0 Å². The Hall–Kier alpha value is -0.960. The first-order chi connectivity index (χ1) is 5.69. The predicted molar refractivity (Wildman–Crippen MR) is 41.7 cm³/mol. The molecule has 66 valence electrons. The zero-order valence-electron chi connectivity index (χ0n) is 6.77. The lowest BCUT2D eigenvalue weighted by atomic mass is 10.1. The molecular weight excluding hydrogens is 162 g/mol. The van der Waals surface area contributed by atoms with Gasteiger partial charge in [0.2, 0.25) is 0 Å². The maximum atomic E-state index is 12.8. The van der Waals surface area contributed by atoms with Crippen LogP contribution in [-0.4, -0.2) is 5.11 Å². The van der Waals surface area contributed by atoms with E-state index < -0.39 is 18.2 Å². The average Bonchev–Trinajstić information content (AvgIpc) is 2.09. The van der Waals surface area contributed by atoms with Gasteiger partial charge in [-0.25, -0.2) is 8.78 Å². The lowest BCUT2D eigenvalue weighted by Gasteiger charge is -2.03. The van der Waals surface area contributed by atoms with Gasteiger partial charge in [-0.1, -0.05) is 13.0 Å². The minimum Gasteiger partial charge on any atom is -0.392 e. The first kappa shape index (κ1) is 9.13. The highest BCUT2D eigenvalue weighted by atomic mass is 19.2. The number of aliphatic hydroxyl groups excluding tert-OH is 1. The van der Waals surface area contributed by atoms with Crippen molar-refractivity contribution in [2.24, 2.45) is 0 Å². The highest BCUT2D eigenvalue weighted by Gasteiger charge is 2.08. The summed E-state index contributed by atoms with van der Waals surface area (Å²) in [7, 11) is 0. The van der Waals surface area contributed by atoms with Crippen LogP contribution in [0.4, 0.5) is 8.78 Å². The normalized spacial score (nSPS) is 10.3. The summed E-state index contributed by atoms with van der Waals surface area (Å²) in [5, 5.41) is 8.66. The summed E-state index contributed by atoms with van der Waals surface area (Å²) in [5.41, 5.74) is 0.713. The molecule has 0 saturated carbocycles. The van der Waals surface area contributed by atoms with Gasteiger partial charge in [-0.2, -0.15) is 0 Å². The van der Waals surface area contributed by atoms with Gasteiger partial charge >= 0.3 is 0 Å².